The fourth-order valence-electron chi connectivity index (χ4n) is 2.63. The van der Waals surface area contributed by atoms with Crippen LogP contribution in [-0.4, -0.2) is 13.2 Å². The van der Waals surface area contributed by atoms with Crippen LogP contribution in [0.2, 0.25) is 0 Å². The zero-order chi connectivity index (χ0) is 15.9. The van der Waals surface area contributed by atoms with Crippen LogP contribution in [0.3, 0.4) is 0 Å². The molecule has 0 amide bonds. The van der Waals surface area contributed by atoms with Crippen LogP contribution in [0.4, 0.5) is 0 Å². The van der Waals surface area contributed by atoms with Gasteiger partial charge < -0.3 is 4.74 Å². The summed E-state index contributed by atoms with van der Waals surface area (Å²) in [5.74, 6) is 0. The molecule has 1 aromatic heterocycles. The fraction of sp³-hybridized carbons (Fsp3) is 0.143. The van der Waals surface area contributed by atoms with Crippen molar-refractivity contribution in [1.82, 2.24) is 0 Å². The van der Waals surface area contributed by atoms with E-state index in [1.54, 1.807) is 17.4 Å². The summed E-state index contributed by atoms with van der Waals surface area (Å²) in [6.07, 6.45) is 2.70. The molecule has 0 aliphatic heterocycles. The third-order valence-electron chi connectivity index (χ3n) is 3.75. The quantitative estimate of drug-likeness (QED) is 0.393. The van der Waals surface area contributed by atoms with Crippen molar-refractivity contribution < 1.29 is 4.74 Å². The van der Waals surface area contributed by atoms with Crippen LogP contribution in [0.1, 0.15) is 5.56 Å². The van der Waals surface area contributed by atoms with Gasteiger partial charge in [-0.05, 0) is 46.2 Å². The van der Waals surface area contributed by atoms with Gasteiger partial charge in [-0.25, -0.2) is 0 Å². The van der Waals surface area contributed by atoms with Crippen LogP contribution in [-0.2, 0) is 11.2 Å². The smallest absolute Gasteiger partial charge is 0.0644 e. The molecule has 0 atom stereocenters. The number of hydrogen-bond donors (Lipinski definition) is 0. The van der Waals surface area contributed by atoms with Crippen molar-refractivity contribution in [2.45, 2.75) is 6.42 Å². The highest BCUT2D eigenvalue weighted by molar-refractivity contribution is 7.13. The molecule has 0 unspecified atom stereocenters. The zero-order valence-corrected chi connectivity index (χ0v) is 13.9. The number of hydrogen-bond acceptors (Lipinski definition) is 2. The first kappa shape index (κ1) is 15.7. The highest BCUT2D eigenvalue weighted by atomic mass is 32.1. The summed E-state index contributed by atoms with van der Waals surface area (Å²) >= 11 is 1.77. The van der Waals surface area contributed by atoms with Crippen molar-refractivity contribution in [2.75, 3.05) is 13.2 Å². The predicted octanol–water partition coefficient (Wildman–Crippen LogP) is 5.83. The van der Waals surface area contributed by atoms with E-state index in [4.69, 9.17) is 4.74 Å². The monoisotopic (exact) mass is 320 g/mol. The lowest BCUT2D eigenvalue weighted by atomic mass is 9.95. The van der Waals surface area contributed by atoms with E-state index in [2.05, 4.69) is 72.6 Å². The average molecular weight is 320 g/mol. The van der Waals surface area contributed by atoms with Gasteiger partial charge in [-0.1, -0.05) is 54.6 Å². The largest absolute Gasteiger partial charge is 0.377 e. The normalized spacial score (nSPS) is 10.6. The predicted molar refractivity (Wildman–Crippen MR) is 99.9 cm³/mol. The van der Waals surface area contributed by atoms with E-state index in [9.17, 15) is 0 Å². The molecular weight excluding hydrogens is 300 g/mol. The molecule has 0 aliphatic rings. The lowest BCUT2D eigenvalue weighted by Crippen LogP contribution is -2.00. The average Bonchev–Trinajstić information content (AvgIpc) is 3.14. The van der Waals surface area contributed by atoms with Gasteiger partial charge in [0.05, 0.1) is 13.2 Å². The van der Waals surface area contributed by atoms with Crippen LogP contribution in [0.5, 0.6) is 0 Å². The first-order valence-corrected chi connectivity index (χ1v) is 8.67. The summed E-state index contributed by atoms with van der Waals surface area (Å²) in [5.41, 5.74) is 5.14. The molecule has 2 heteroatoms. The van der Waals surface area contributed by atoms with E-state index < -0.39 is 0 Å². The fourth-order valence-corrected chi connectivity index (χ4v) is 3.35. The van der Waals surface area contributed by atoms with Gasteiger partial charge in [0, 0.05) is 4.88 Å². The minimum atomic E-state index is 0.605. The van der Waals surface area contributed by atoms with Crippen molar-refractivity contribution in [3.8, 4) is 21.6 Å². The second-order valence-electron chi connectivity index (χ2n) is 5.33. The molecule has 3 aromatic rings. The number of thiophene rings is 1. The topological polar surface area (TPSA) is 9.23 Å². The molecule has 3 rings (SSSR count). The molecular formula is C21H20OS. The molecule has 0 N–H and O–H groups in total. The van der Waals surface area contributed by atoms with Crippen molar-refractivity contribution >= 4 is 11.3 Å². The molecule has 0 saturated carbocycles. The Kier molecular flexibility index (Phi) is 5.41. The maximum absolute atomic E-state index is 5.56. The summed E-state index contributed by atoms with van der Waals surface area (Å²) in [7, 11) is 0. The standard InChI is InChI=1S/C21H20OS/c1-2-13-22-14-12-18-10-11-19(21-9-6-15-23-21)16-20(18)17-7-4-3-5-8-17/h2-11,15-16H,1,12-14H2. The van der Waals surface area contributed by atoms with E-state index >= 15 is 0 Å². The summed E-state index contributed by atoms with van der Waals surface area (Å²) in [4.78, 5) is 1.30. The SMILES string of the molecule is C=CCOCCc1ccc(-c2cccs2)cc1-c1ccccc1. The number of benzene rings is 2. The van der Waals surface area contributed by atoms with E-state index in [1.165, 1.54) is 27.1 Å². The molecule has 0 aliphatic carbocycles. The van der Waals surface area contributed by atoms with Crippen LogP contribution in [0.25, 0.3) is 21.6 Å². The number of ether oxygens (including phenoxy) is 1. The summed E-state index contributed by atoms with van der Waals surface area (Å²) < 4.78 is 5.56. The third-order valence-corrected chi connectivity index (χ3v) is 4.67. The maximum atomic E-state index is 5.56. The lowest BCUT2D eigenvalue weighted by Gasteiger charge is -2.12. The zero-order valence-electron chi connectivity index (χ0n) is 13.1. The van der Waals surface area contributed by atoms with Gasteiger partial charge in [0.25, 0.3) is 0 Å². The summed E-state index contributed by atoms with van der Waals surface area (Å²) in [6, 6.07) is 21.6. The molecule has 1 heterocycles. The minimum absolute atomic E-state index is 0.605. The van der Waals surface area contributed by atoms with E-state index in [0.29, 0.717) is 13.2 Å². The Morgan fingerprint density at radius 2 is 1.83 bits per heavy atom. The molecule has 23 heavy (non-hydrogen) atoms. The van der Waals surface area contributed by atoms with Crippen LogP contribution in [0.15, 0.2) is 78.7 Å². The molecule has 0 saturated heterocycles. The minimum Gasteiger partial charge on any atom is -0.377 e. The van der Waals surface area contributed by atoms with Crippen LogP contribution >= 0.6 is 11.3 Å². The Hall–Kier alpha value is -2.16. The maximum Gasteiger partial charge on any atom is 0.0644 e. The van der Waals surface area contributed by atoms with E-state index in [1.807, 2.05) is 0 Å². The number of rotatable bonds is 7. The van der Waals surface area contributed by atoms with Crippen molar-refractivity contribution in [3.05, 3.63) is 84.3 Å². The highest BCUT2D eigenvalue weighted by Gasteiger charge is 2.08. The second kappa shape index (κ2) is 7.91. The van der Waals surface area contributed by atoms with Crippen molar-refractivity contribution in [3.63, 3.8) is 0 Å². The van der Waals surface area contributed by atoms with Crippen molar-refractivity contribution in [1.29, 1.82) is 0 Å². The Balaban J connectivity index is 1.93. The Morgan fingerprint density at radius 1 is 0.957 bits per heavy atom. The summed E-state index contributed by atoms with van der Waals surface area (Å²) in [5, 5.41) is 2.12. The molecule has 2 aromatic carbocycles. The van der Waals surface area contributed by atoms with E-state index in [-0.39, 0.29) is 0 Å². The van der Waals surface area contributed by atoms with Gasteiger partial charge in [-0.3, -0.25) is 0 Å². The van der Waals surface area contributed by atoms with Gasteiger partial charge in [-0.15, -0.1) is 17.9 Å². The summed E-state index contributed by atoms with van der Waals surface area (Å²) in [6.45, 7) is 5.00. The highest BCUT2D eigenvalue weighted by Crippen LogP contribution is 2.32. The van der Waals surface area contributed by atoms with Crippen LogP contribution in [0, 0.1) is 0 Å². The Morgan fingerprint density at radius 3 is 2.57 bits per heavy atom. The van der Waals surface area contributed by atoms with Crippen molar-refractivity contribution in [2.24, 2.45) is 0 Å². The third kappa shape index (κ3) is 3.98. The van der Waals surface area contributed by atoms with Gasteiger partial charge in [0.1, 0.15) is 0 Å². The molecule has 116 valence electrons. The van der Waals surface area contributed by atoms with E-state index in [0.717, 1.165) is 6.42 Å². The van der Waals surface area contributed by atoms with Gasteiger partial charge in [0.2, 0.25) is 0 Å². The molecule has 0 bridgehead atoms. The second-order valence-corrected chi connectivity index (χ2v) is 6.28. The first-order valence-electron chi connectivity index (χ1n) is 7.79. The van der Waals surface area contributed by atoms with Crippen LogP contribution < -0.4 is 0 Å². The molecule has 0 radical (unpaired) electrons. The van der Waals surface area contributed by atoms with Gasteiger partial charge in [0.15, 0.2) is 0 Å². The molecule has 0 fully saturated rings. The van der Waals surface area contributed by atoms with Gasteiger partial charge in [-0.2, -0.15) is 0 Å². The lowest BCUT2D eigenvalue weighted by molar-refractivity contribution is 0.166. The molecule has 0 spiro atoms. The Bertz CT molecular complexity index is 745. The van der Waals surface area contributed by atoms with Gasteiger partial charge >= 0.3 is 0 Å². The molecule has 1 nitrogen and oxygen atoms in total. The first-order chi connectivity index (χ1) is 11.4. The Labute approximate surface area is 141 Å².